The molecule has 0 aromatic heterocycles. The summed E-state index contributed by atoms with van der Waals surface area (Å²) in [5.74, 6) is 0. The van der Waals surface area contributed by atoms with Crippen molar-refractivity contribution in [2.24, 2.45) is 0 Å². The van der Waals surface area contributed by atoms with Crippen LogP contribution in [0.25, 0.3) is 0 Å². The largest absolute Gasteiger partial charge is 0.399 e. The molecule has 2 rings (SSSR count). The van der Waals surface area contributed by atoms with Crippen molar-refractivity contribution in [3.8, 4) is 0 Å². The maximum atomic E-state index is 12.8. The Balaban J connectivity index is 2.28. The zero-order valence-electron chi connectivity index (χ0n) is 7.59. The van der Waals surface area contributed by atoms with Crippen LogP contribution < -0.4 is 5.73 Å². The Morgan fingerprint density at radius 1 is 1.23 bits per heavy atom. The molecule has 1 nitrogen and oxygen atoms in total. The molecule has 0 spiro atoms. The summed E-state index contributed by atoms with van der Waals surface area (Å²) in [4.78, 5) is 0. The summed E-state index contributed by atoms with van der Waals surface area (Å²) in [7, 11) is 0. The molecule has 2 N–H and O–H groups in total. The molecular formula is C11H14FN. The highest BCUT2D eigenvalue weighted by atomic mass is 19.1. The minimum Gasteiger partial charge on any atom is -0.399 e. The van der Waals surface area contributed by atoms with Crippen LogP contribution in [0.3, 0.4) is 0 Å². The van der Waals surface area contributed by atoms with Crippen LogP contribution in [0.1, 0.15) is 24.8 Å². The fraction of sp³-hybridized carbons (Fsp3) is 0.455. The molecule has 1 aromatic rings. The number of anilines is 1. The molecule has 0 saturated heterocycles. The van der Waals surface area contributed by atoms with Crippen LogP contribution in [-0.4, -0.2) is 6.67 Å². The normalized spacial score (nSPS) is 19.5. The Kier molecular flexibility index (Phi) is 1.98. The summed E-state index contributed by atoms with van der Waals surface area (Å²) >= 11 is 0. The van der Waals surface area contributed by atoms with Crippen molar-refractivity contribution in [1.82, 2.24) is 0 Å². The summed E-state index contributed by atoms with van der Waals surface area (Å²) in [6.45, 7) is -0.239. The Bertz CT molecular complexity index is 282. The van der Waals surface area contributed by atoms with E-state index in [2.05, 4.69) is 0 Å². The first kappa shape index (κ1) is 8.54. The molecule has 1 aromatic carbocycles. The van der Waals surface area contributed by atoms with Gasteiger partial charge in [0.1, 0.15) is 0 Å². The Hall–Kier alpha value is -1.05. The average Bonchev–Trinajstić information content (AvgIpc) is 2.07. The number of hydrogen-bond acceptors (Lipinski definition) is 1. The monoisotopic (exact) mass is 179 g/mol. The summed E-state index contributed by atoms with van der Waals surface area (Å²) in [5, 5.41) is 0. The van der Waals surface area contributed by atoms with Crippen LogP contribution in [0.15, 0.2) is 24.3 Å². The van der Waals surface area contributed by atoms with Gasteiger partial charge in [-0.05, 0) is 30.5 Å². The highest BCUT2D eigenvalue weighted by Crippen LogP contribution is 2.44. The molecule has 2 heteroatoms. The van der Waals surface area contributed by atoms with E-state index in [1.165, 1.54) is 0 Å². The average molecular weight is 179 g/mol. The van der Waals surface area contributed by atoms with Crippen molar-refractivity contribution < 1.29 is 4.39 Å². The van der Waals surface area contributed by atoms with Gasteiger partial charge >= 0.3 is 0 Å². The van der Waals surface area contributed by atoms with Crippen molar-refractivity contribution in [2.45, 2.75) is 24.7 Å². The van der Waals surface area contributed by atoms with Gasteiger partial charge in [0.25, 0.3) is 0 Å². The number of nitrogen functional groups attached to an aromatic ring is 1. The third-order valence-corrected chi connectivity index (χ3v) is 3.09. The number of halogens is 1. The van der Waals surface area contributed by atoms with Gasteiger partial charge in [0, 0.05) is 11.1 Å². The number of benzene rings is 1. The van der Waals surface area contributed by atoms with Crippen LogP contribution in [0.5, 0.6) is 0 Å². The molecule has 0 unspecified atom stereocenters. The lowest BCUT2D eigenvalue weighted by Gasteiger charge is -2.40. The maximum absolute atomic E-state index is 12.8. The van der Waals surface area contributed by atoms with Crippen LogP contribution in [0.2, 0.25) is 0 Å². The Morgan fingerprint density at radius 3 is 2.23 bits per heavy atom. The van der Waals surface area contributed by atoms with Crippen molar-refractivity contribution in [3.05, 3.63) is 29.8 Å². The fourth-order valence-electron chi connectivity index (χ4n) is 1.94. The minimum atomic E-state index is -0.239. The number of hydrogen-bond donors (Lipinski definition) is 1. The smallest absolute Gasteiger partial charge is 0.0990 e. The van der Waals surface area contributed by atoms with E-state index in [-0.39, 0.29) is 12.1 Å². The first-order valence-corrected chi connectivity index (χ1v) is 4.69. The second-order valence-corrected chi connectivity index (χ2v) is 3.89. The van der Waals surface area contributed by atoms with E-state index >= 15 is 0 Å². The molecule has 1 aliphatic rings. The van der Waals surface area contributed by atoms with Gasteiger partial charge in [0.05, 0.1) is 6.67 Å². The standard InChI is InChI=1S/C11H14FN/c12-8-11(6-1-7-11)9-2-4-10(13)5-3-9/h2-5H,1,6-8,13H2. The third-order valence-electron chi connectivity index (χ3n) is 3.09. The predicted molar refractivity (Wildman–Crippen MR) is 52.4 cm³/mol. The van der Waals surface area contributed by atoms with Gasteiger partial charge in [0.2, 0.25) is 0 Å². The summed E-state index contributed by atoms with van der Waals surface area (Å²) in [6, 6.07) is 7.61. The SMILES string of the molecule is Nc1ccc(C2(CF)CCC2)cc1. The van der Waals surface area contributed by atoms with Gasteiger partial charge in [-0.15, -0.1) is 0 Å². The maximum Gasteiger partial charge on any atom is 0.0990 e. The lowest BCUT2D eigenvalue weighted by molar-refractivity contribution is 0.185. The molecule has 0 bridgehead atoms. The summed E-state index contributed by atoms with van der Waals surface area (Å²) in [5.41, 5.74) is 7.26. The van der Waals surface area contributed by atoms with E-state index in [1.807, 2.05) is 24.3 Å². The van der Waals surface area contributed by atoms with E-state index in [0.717, 1.165) is 30.5 Å². The minimum absolute atomic E-state index is 0.173. The first-order valence-electron chi connectivity index (χ1n) is 4.69. The third kappa shape index (κ3) is 1.30. The van der Waals surface area contributed by atoms with Crippen LogP contribution in [0, 0.1) is 0 Å². The molecule has 13 heavy (non-hydrogen) atoms. The van der Waals surface area contributed by atoms with Gasteiger partial charge in [-0.2, -0.15) is 0 Å². The number of alkyl halides is 1. The number of nitrogens with two attached hydrogens (primary N) is 1. The van der Waals surface area contributed by atoms with Gasteiger partial charge in [-0.3, -0.25) is 4.39 Å². The second kappa shape index (κ2) is 3.02. The molecular weight excluding hydrogens is 165 g/mol. The zero-order valence-corrected chi connectivity index (χ0v) is 7.59. The van der Waals surface area contributed by atoms with Crippen molar-refractivity contribution in [1.29, 1.82) is 0 Å². The number of rotatable bonds is 2. The van der Waals surface area contributed by atoms with E-state index in [9.17, 15) is 4.39 Å². The molecule has 0 heterocycles. The first-order chi connectivity index (χ1) is 6.27. The van der Waals surface area contributed by atoms with Gasteiger partial charge < -0.3 is 5.73 Å². The molecule has 0 aliphatic heterocycles. The van der Waals surface area contributed by atoms with Gasteiger partial charge in [0.15, 0.2) is 0 Å². The zero-order chi connectivity index (χ0) is 9.31. The van der Waals surface area contributed by atoms with Gasteiger partial charge in [-0.1, -0.05) is 18.6 Å². The quantitative estimate of drug-likeness (QED) is 0.694. The van der Waals surface area contributed by atoms with E-state index in [1.54, 1.807) is 0 Å². The molecule has 0 atom stereocenters. The molecule has 1 aliphatic carbocycles. The lowest BCUT2D eigenvalue weighted by Crippen LogP contribution is -2.36. The molecule has 1 fully saturated rings. The summed E-state index contributed by atoms with van der Waals surface area (Å²) < 4.78 is 12.8. The molecule has 70 valence electrons. The van der Waals surface area contributed by atoms with Crippen LogP contribution >= 0.6 is 0 Å². The summed E-state index contributed by atoms with van der Waals surface area (Å²) in [6.07, 6.45) is 3.11. The second-order valence-electron chi connectivity index (χ2n) is 3.89. The van der Waals surface area contributed by atoms with E-state index < -0.39 is 0 Å². The molecule has 0 amide bonds. The Morgan fingerprint density at radius 2 is 1.85 bits per heavy atom. The van der Waals surface area contributed by atoms with E-state index in [4.69, 9.17) is 5.73 Å². The lowest BCUT2D eigenvalue weighted by atomic mass is 9.65. The highest BCUT2D eigenvalue weighted by molar-refractivity contribution is 5.42. The van der Waals surface area contributed by atoms with Crippen LogP contribution in [0.4, 0.5) is 10.1 Å². The fourth-order valence-corrected chi connectivity index (χ4v) is 1.94. The van der Waals surface area contributed by atoms with E-state index in [0.29, 0.717) is 0 Å². The Labute approximate surface area is 77.8 Å². The van der Waals surface area contributed by atoms with Crippen molar-refractivity contribution >= 4 is 5.69 Å². The predicted octanol–water partition coefficient (Wildman–Crippen LogP) is 2.66. The highest BCUT2D eigenvalue weighted by Gasteiger charge is 2.38. The van der Waals surface area contributed by atoms with Crippen LogP contribution in [-0.2, 0) is 5.41 Å². The topological polar surface area (TPSA) is 26.0 Å². The molecule has 1 saturated carbocycles. The molecule has 0 radical (unpaired) electrons. The van der Waals surface area contributed by atoms with Gasteiger partial charge in [-0.25, -0.2) is 0 Å². The van der Waals surface area contributed by atoms with Crippen molar-refractivity contribution in [3.63, 3.8) is 0 Å². The van der Waals surface area contributed by atoms with Crippen molar-refractivity contribution in [2.75, 3.05) is 12.4 Å².